The lowest BCUT2D eigenvalue weighted by atomic mass is 10.1. The van der Waals surface area contributed by atoms with Gasteiger partial charge in [-0.2, -0.15) is 0 Å². The van der Waals surface area contributed by atoms with Gasteiger partial charge in [0, 0.05) is 6.54 Å². The van der Waals surface area contributed by atoms with Crippen LogP contribution in [0.1, 0.15) is 36.5 Å². The molecular weight excluding hydrogens is 298 g/mol. The Bertz CT molecular complexity index is 649. The molecular formula is C21H27NO2. The van der Waals surface area contributed by atoms with Crippen molar-refractivity contribution in [2.45, 2.75) is 46.1 Å². The molecule has 128 valence electrons. The zero-order valence-corrected chi connectivity index (χ0v) is 14.8. The maximum Gasteiger partial charge on any atom is 0.261 e. The first kappa shape index (κ1) is 18.1. The lowest BCUT2D eigenvalue weighted by Gasteiger charge is -2.17. The second kappa shape index (κ2) is 9.11. The van der Waals surface area contributed by atoms with E-state index < -0.39 is 6.10 Å². The average Bonchev–Trinajstić information content (AvgIpc) is 2.58. The lowest BCUT2D eigenvalue weighted by Crippen LogP contribution is -2.38. The van der Waals surface area contributed by atoms with Gasteiger partial charge < -0.3 is 10.1 Å². The van der Waals surface area contributed by atoms with Gasteiger partial charge in [0.25, 0.3) is 5.91 Å². The van der Waals surface area contributed by atoms with Gasteiger partial charge in [0.15, 0.2) is 6.10 Å². The van der Waals surface area contributed by atoms with Crippen molar-refractivity contribution in [3.05, 3.63) is 65.2 Å². The lowest BCUT2D eigenvalue weighted by molar-refractivity contribution is -0.128. The van der Waals surface area contributed by atoms with Crippen LogP contribution in [0, 0.1) is 13.8 Å². The summed E-state index contributed by atoms with van der Waals surface area (Å²) in [5, 5.41) is 2.99. The van der Waals surface area contributed by atoms with Gasteiger partial charge in [0.05, 0.1) is 0 Å². The first-order valence-corrected chi connectivity index (χ1v) is 8.65. The molecule has 2 rings (SSSR count). The highest BCUT2D eigenvalue weighted by Crippen LogP contribution is 2.14. The van der Waals surface area contributed by atoms with E-state index in [0.29, 0.717) is 13.0 Å². The summed E-state index contributed by atoms with van der Waals surface area (Å²) in [5.41, 5.74) is 3.76. The van der Waals surface area contributed by atoms with E-state index in [1.165, 1.54) is 16.7 Å². The van der Waals surface area contributed by atoms with Crippen LogP contribution in [-0.4, -0.2) is 18.6 Å². The molecule has 0 radical (unpaired) electrons. The predicted molar refractivity (Wildman–Crippen MR) is 98.4 cm³/mol. The number of carbonyl (C=O) groups is 1. The molecule has 0 spiro atoms. The summed E-state index contributed by atoms with van der Waals surface area (Å²) in [4.78, 5) is 12.3. The molecule has 3 heteroatoms. The molecule has 0 saturated heterocycles. The van der Waals surface area contributed by atoms with Gasteiger partial charge in [-0.1, -0.05) is 54.4 Å². The summed E-state index contributed by atoms with van der Waals surface area (Å²) in [6.07, 6.45) is 2.11. The Balaban J connectivity index is 1.76. The van der Waals surface area contributed by atoms with Crippen molar-refractivity contribution in [2.24, 2.45) is 0 Å². The maximum atomic E-state index is 12.3. The van der Waals surface area contributed by atoms with Gasteiger partial charge in [0.2, 0.25) is 0 Å². The first-order chi connectivity index (χ1) is 11.6. The van der Waals surface area contributed by atoms with Crippen molar-refractivity contribution < 1.29 is 9.53 Å². The Morgan fingerprint density at radius 1 is 1.08 bits per heavy atom. The molecule has 0 aliphatic heterocycles. The van der Waals surface area contributed by atoms with Gasteiger partial charge in [-0.3, -0.25) is 4.79 Å². The molecule has 2 aromatic carbocycles. The summed E-state index contributed by atoms with van der Waals surface area (Å²) in [6, 6.07) is 16.3. The van der Waals surface area contributed by atoms with Crippen LogP contribution in [0.3, 0.4) is 0 Å². The Morgan fingerprint density at radius 3 is 2.50 bits per heavy atom. The molecule has 0 saturated carbocycles. The van der Waals surface area contributed by atoms with E-state index in [2.05, 4.69) is 36.5 Å². The fourth-order valence-electron chi connectivity index (χ4n) is 2.59. The zero-order valence-electron chi connectivity index (χ0n) is 14.8. The third-order valence-electron chi connectivity index (χ3n) is 3.99. The second-order valence-corrected chi connectivity index (χ2v) is 6.21. The van der Waals surface area contributed by atoms with Crippen LogP contribution < -0.4 is 10.1 Å². The third-order valence-corrected chi connectivity index (χ3v) is 3.99. The van der Waals surface area contributed by atoms with Gasteiger partial charge in [-0.25, -0.2) is 0 Å². The number of rotatable bonds is 8. The highest BCUT2D eigenvalue weighted by atomic mass is 16.5. The van der Waals surface area contributed by atoms with Crippen molar-refractivity contribution in [1.82, 2.24) is 5.32 Å². The summed E-state index contributed by atoms with van der Waals surface area (Å²) in [5.74, 6) is 0.699. The Kier molecular flexibility index (Phi) is 6.86. The first-order valence-electron chi connectivity index (χ1n) is 8.65. The summed E-state index contributed by atoms with van der Waals surface area (Å²) < 4.78 is 5.80. The van der Waals surface area contributed by atoms with Gasteiger partial charge in [-0.15, -0.1) is 0 Å². The number of aryl methyl sites for hydroxylation is 3. The number of ether oxygens (including phenoxy) is 1. The van der Waals surface area contributed by atoms with Crippen molar-refractivity contribution in [2.75, 3.05) is 6.54 Å². The number of carbonyl (C=O) groups excluding carboxylic acids is 1. The largest absolute Gasteiger partial charge is 0.481 e. The quantitative estimate of drug-likeness (QED) is 0.738. The molecule has 1 atom stereocenters. The third kappa shape index (κ3) is 5.73. The summed E-state index contributed by atoms with van der Waals surface area (Å²) in [7, 11) is 0. The molecule has 0 unspecified atom stereocenters. The molecule has 1 amide bonds. The van der Waals surface area contributed by atoms with Gasteiger partial charge in [0.1, 0.15) is 5.75 Å². The highest BCUT2D eigenvalue weighted by Gasteiger charge is 2.17. The van der Waals surface area contributed by atoms with E-state index in [1.54, 1.807) is 0 Å². The molecule has 0 bridgehead atoms. The minimum absolute atomic E-state index is 0.0395. The van der Waals surface area contributed by atoms with Crippen LogP contribution in [0.5, 0.6) is 5.75 Å². The molecule has 3 nitrogen and oxygen atoms in total. The van der Waals surface area contributed by atoms with Crippen LogP contribution in [0.4, 0.5) is 0 Å². The number of benzene rings is 2. The maximum absolute atomic E-state index is 12.3. The minimum Gasteiger partial charge on any atom is -0.481 e. The molecule has 1 N–H and O–H groups in total. The van der Waals surface area contributed by atoms with E-state index in [9.17, 15) is 4.79 Å². The molecule has 0 heterocycles. The topological polar surface area (TPSA) is 38.3 Å². The molecule has 24 heavy (non-hydrogen) atoms. The van der Waals surface area contributed by atoms with E-state index in [4.69, 9.17) is 4.74 Å². The van der Waals surface area contributed by atoms with Crippen molar-refractivity contribution in [3.8, 4) is 5.75 Å². The molecule has 2 aromatic rings. The molecule has 0 fully saturated rings. The summed E-state index contributed by atoms with van der Waals surface area (Å²) >= 11 is 0. The SMILES string of the molecule is CC[C@@H](Oc1ccc(C)cc1)C(=O)NCCCc1cccc(C)c1. The van der Waals surface area contributed by atoms with Gasteiger partial charge >= 0.3 is 0 Å². The molecule has 0 aliphatic rings. The highest BCUT2D eigenvalue weighted by molar-refractivity contribution is 5.81. The van der Waals surface area contributed by atoms with Crippen LogP contribution in [-0.2, 0) is 11.2 Å². The number of hydrogen-bond donors (Lipinski definition) is 1. The Hall–Kier alpha value is -2.29. The van der Waals surface area contributed by atoms with Crippen LogP contribution in [0.2, 0.25) is 0 Å². The van der Waals surface area contributed by atoms with E-state index in [0.717, 1.165) is 18.6 Å². The Labute approximate surface area is 145 Å². The second-order valence-electron chi connectivity index (χ2n) is 6.21. The fourth-order valence-corrected chi connectivity index (χ4v) is 2.59. The fraction of sp³-hybridized carbons (Fsp3) is 0.381. The van der Waals surface area contributed by atoms with Crippen LogP contribution in [0.15, 0.2) is 48.5 Å². The predicted octanol–water partition coefficient (Wildman–Crippen LogP) is 4.21. The van der Waals surface area contributed by atoms with E-state index in [-0.39, 0.29) is 5.91 Å². The number of amides is 1. The van der Waals surface area contributed by atoms with E-state index in [1.807, 2.05) is 38.1 Å². The number of hydrogen-bond acceptors (Lipinski definition) is 2. The molecule has 0 aromatic heterocycles. The normalized spacial score (nSPS) is 11.8. The summed E-state index contributed by atoms with van der Waals surface area (Å²) in [6.45, 7) is 6.76. The van der Waals surface area contributed by atoms with Crippen molar-refractivity contribution >= 4 is 5.91 Å². The minimum atomic E-state index is -0.438. The standard InChI is InChI=1S/C21H27NO2/c1-4-20(24-19-12-10-16(2)11-13-19)21(23)22-14-6-9-18-8-5-7-17(3)15-18/h5,7-8,10-13,15,20H,4,6,9,14H2,1-3H3,(H,22,23)/t20-/m1/s1. The van der Waals surface area contributed by atoms with E-state index >= 15 is 0 Å². The van der Waals surface area contributed by atoms with Gasteiger partial charge in [-0.05, 0) is 50.8 Å². The monoisotopic (exact) mass is 325 g/mol. The van der Waals surface area contributed by atoms with Crippen molar-refractivity contribution in [3.63, 3.8) is 0 Å². The average molecular weight is 325 g/mol. The zero-order chi connectivity index (χ0) is 17.4. The van der Waals surface area contributed by atoms with Crippen molar-refractivity contribution in [1.29, 1.82) is 0 Å². The Morgan fingerprint density at radius 2 is 1.83 bits per heavy atom. The van der Waals surface area contributed by atoms with Crippen LogP contribution in [0.25, 0.3) is 0 Å². The van der Waals surface area contributed by atoms with Crippen LogP contribution >= 0.6 is 0 Å². The molecule has 0 aliphatic carbocycles. The number of nitrogens with one attached hydrogen (secondary N) is 1. The smallest absolute Gasteiger partial charge is 0.261 e.